The molecule has 1 aliphatic rings. The third kappa shape index (κ3) is 8.17. The number of carbonyl (C=O) groups excluding carboxylic acids is 2. The molecule has 39 heavy (non-hydrogen) atoms. The van der Waals surface area contributed by atoms with Crippen LogP contribution < -0.4 is 5.32 Å². The third-order valence-corrected chi connectivity index (χ3v) is 6.77. The summed E-state index contributed by atoms with van der Waals surface area (Å²) in [6.45, 7) is 5.81. The van der Waals surface area contributed by atoms with Gasteiger partial charge < -0.3 is 24.9 Å². The second kappa shape index (κ2) is 14.3. The first-order valence-corrected chi connectivity index (χ1v) is 13.2. The Morgan fingerprint density at radius 1 is 1.21 bits per heavy atom. The Hall–Kier alpha value is -3.14. The van der Waals surface area contributed by atoms with Crippen LogP contribution in [0.4, 0.5) is 0 Å². The quantitative estimate of drug-likeness (QED) is 0.348. The van der Waals surface area contributed by atoms with Crippen LogP contribution in [0, 0.1) is 6.92 Å². The molecule has 0 radical (unpaired) electrons. The summed E-state index contributed by atoms with van der Waals surface area (Å²) >= 11 is 5.54. The molecule has 4 rings (SSSR count). The number of rotatable bonds is 11. The Morgan fingerprint density at radius 3 is 2.51 bits per heavy atom. The van der Waals surface area contributed by atoms with Crippen molar-refractivity contribution in [2.45, 2.75) is 32.2 Å². The zero-order valence-electron chi connectivity index (χ0n) is 22.9. The molecule has 3 aromatic rings. The van der Waals surface area contributed by atoms with E-state index in [1.54, 1.807) is 31.2 Å². The molecular weight excluding hydrogens is 516 g/mol. The van der Waals surface area contributed by atoms with Gasteiger partial charge in [-0.15, -0.1) is 0 Å². The minimum atomic E-state index is -1.24. The number of aldehydes is 1. The molecule has 2 heterocycles. The Balaban J connectivity index is 0.000000520. The molecule has 0 spiro atoms. The summed E-state index contributed by atoms with van der Waals surface area (Å²) < 4.78 is 5.64. The summed E-state index contributed by atoms with van der Waals surface area (Å²) in [6, 6.07) is 18.7. The molecule has 9 heteroatoms. The highest BCUT2D eigenvalue weighted by atomic mass is 35.5. The van der Waals surface area contributed by atoms with Crippen molar-refractivity contribution in [3.63, 3.8) is 0 Å². The van der Waals surface area contributed by atoms with Crippen LogP contribution in [0.1, 0.15) is 45.9 Å². The van der Waals surface area contributed by atoms with Crippen molar-refractivity contribution in [2.75, 3.05) is 40.3 Å². The molecule has 1 amide bonds. The van der Waals surface area contributed by atoms with Crippen LogP contribution in [0.3, 0.4) is 0 Å². The van der Waals surface area contributed by atoms with E-state index in [-0.39, 0.29) is 19.0 Å². The van der Waals surface area contributed by atoms with E-state index in [2.05, 4.69) is 10.3 Å². The van der Waals surface area contributed by atoms with Crippen LogP contribution in [0.5, 0.6) is 0 Å². The minimum Gasteiger partial charge on any atom is -0.384 e. The van der Waals surface area contributed by atoms with E-state index >= 15 is 0 Å². The lowest BCUT2D eigenvalue weighted by molar-refractivity contribution is -0.109. The molecule has 0 bridgehead atoms. The molecule has 0 aliphatic carbocycles. The number of nitrogens with one attached hydrogen (secondary N) is 1. The number of fused-ring (bicyclic) bond motifs is 1. The summed E-state index contributed by atoms with van der Waals surface area (Å²) in [5.74, 6) is -0.160. The Morgan fingerprint density at radius 2 is 1.95 bits per heavy atom. The van der Waals surface area contributed by atoms with Crippen molar-refractivity contribution in [3.8, 4) is 0 Å². The van der Waals surface area contributed by atoms with Gasteiger partial charge in [0.25, 0.3) is 5.91 Å². The second-order valence-electron chi connectivity index (χ2n) is 9.72. The van der Waals surface area contributed by atoms with Crippen LogP contribution in [0.25, 0.3) is 0 Å². The Bertz CT molecular complexity index is 1220. The number of amides is 1. The number of halogens is 1. The SMILES string of the molecule is CNCCN(CC=O)CC(C)(O)c1ccc2c(c1)C(=O)N(Cc1ccc(C)cn1)C2OC.Clc1ccccc1. The van der Waals surface area contributed by atoms with Crippen molar-refractivity contribution >= 4 is 23.8 Å². The number of aromatic nitrogens is 1. The molecule has 0 fully saturated rings. The lowest BCUT2D eigenvalue weighted by atomic mass is 9.92. The predicted octanol–water partition coefficient (Wildman–Crippen LogP) is 3.96. The van der Waals surface area contributed by atoms with Gasteiger partial charge in [0.1, 0.15) is 6.29 Å². The third-order valence-electron chi connectivity index (χ3n) is 6.52. The molecule has 2 unspecified atom stereocenters. The van der Waals surface area contributed by atoms with Crippen LogP contribution in [-0.4, -0.2) is 72.4 Å². The van der Waals surface area contributed by atoms with Gasteiger partial charge in [-0.25, -0.2) is 0 Å². The second-order valence-corrected chi connectivity index (χ2v) is 10.2. The first-order valence-electron chi connectivity index (χ1n) is 12.8. The number of nitrogens with zero attached hydrogens (tertiary/aromatic N) is 3. The highest BCUT2D eigenvalue weighted by Gasteiger charge is 2.38. The fourth-order valence-electron chi connectivity index (χ4n) is 4.45. The van der Waals surface area contributed by atoms with Gasteiger partial charge in [-0.1, -0.05) is 48.0 Å². The summed E-state index contributed by atoms with van der Waals surface area (Å²) in [5, 5.41) is 15.1. The first kappa shape index (κ1) is 30.4. The van der Waals surface area contributed by atoms with Gasteiger partial charge in [0.2, 0.25) is 0 Å². The zero-order valence-corrected chi connectivity index (χ0v) is 23.7. The normalized spacial score (nSPS) is 15.9. The Kier molecular flexibility index (Phi) is 11.2. The largest absolute Gasteiger partial charge is 0.384 e. The summed E-state index contributed by atoms with van der Waals surface area (Å²) in [6.07, 6.45) is 2.10. The molecule has 8 nitrogen and oxygen atoms in total. The van der Waals surface area contributed by atoms with Crippen molar-refractivity contribution in [1.82, 2.24) is 20.1 Å². The van der Waals surface area contributed by atoms with Crippen LogP contribution in [-0.2, 0) is 21.7 Å². The van der Waals surface area contributed by atoms with Gasteiger partial charge in [0.05, 0.1) is 24.4 Å². The van der Waals surface area contributed by atoms with E-state index in [9.17, 15) is 14.7 Å². The maximum Gasteiger partial charge on any atom is 0.256 e. The van der Waals surface area contributed by atoms with Crippen LogP contribution >= 0.6 is 11.6 Å². The number of aliphatic hydroxyl groups is 1. The number of carbonyl (C=O) groups is 2. The number of pyridine rings is 1. The van der Waals surface area contributed by atoms with Crippen LogP contribution in [0.15, 0.2) is 66.9 Å². The minimum absolute atomic E-state index is 0.160. The summed E-state index contributed by atoms with van der Waals surface area (Å²) in [7, 11) is 3.42. The van der Waals surface area contributed by atoms with Gasteiger partial charge in [0, 0.05) is 49.1 Å². The smallest absolute Gasteiger partial charge is 0.256 e. The molecule has 0 saturated carbocycles. The van der Waals surface area contributed by atoms with E-state index < -0.39 is 11.8 Å². The molecule has 1 aliphatic heterocycles. The maximum atomic E-state index is 13.3. The number of methoxy groups -OCH3 is 1. The topological polar surface area (TPSA) is 95.0 Å². The standard InChI is InChI=1S/C24H32N4O4.C6H5Cl/c1-17-5-7-19(26-14-17)15-28-22(30)21-13-18(6-8-20(21)23(28)32-4)24(2,31)16-27(11-12-29)10-9-25-3;7-6-4-2-1-3-5-6/h5-8,12-14,23,25,31H,9-11,15-16H2,1-4H3;1-5H. The van der Waals surface area contributed by atoms with Gasteiger partial charge in [-0.3, -0.25) is 14.7 Å². The first-order chi connectivity index (χ1) is 18.7. The number of hydrogen-bond donors (Lipinski definition) is 2. The van der Waals surface area contributed by atoms with Crippen molar-refractivity contribution in [1.29, 1.82) is 0 Å². The predicted molar refractivity (Wildman–Crippen MR) is 152 cm³/mol. The van der Waals surface area contributed by atoms with Crippen molar-refractivity contribution in [2.24, 2.45) is 0 Å². The molecular formula is C30H37ClN4O4. The summed E-state index contributed by atoms with van der Waals surface area (Å²) in [5.41, 5.74) is 2.50. The summed E-state index contributed by atoms with van der Waals surface area (Å²) in [4.78, 5) is 32.2. The van der Waals surface area contributed by atoms with E-state index in [0.29, 0.717) is 30.8 Å². The highest BCUT2D eigenvalue weighted by molar-refractivity contribution is 6.30. The number of likely N-dealkylation sites (N-methyl/N-ethyl adjacent to an activating group) is 1. The average Bonchev–Trinajstić information content (AvgIpc) is 3.19. The van der Waals surface area contributed by atoms with Crippen molar-refractivity contribution in [3.05, 3.63) is 99.8 Å². The molecule has 2 N–H and O–H groups in total. The Labute approximate surface area is 235 Å². The molecule has 0 saturated heterocycles. The zero-order chi connectivity index (χ0) is 28.4. The van der Waals surface area contributed by atoms with Crippen LogP contribution in [0.2, 0.25) is 5.02 Å². The van der Waals surface area contributed by atoms with E-state index in [0.717, 1.165) is 28.1 Å². The highest BCUT2D eigenvalue weighted by Crippen LogP contribution is 2.37. The van der Waals surface area contributed by atoms with E-state index in [1.807, 2.05) is 73.5 Å². The number of benzene rings is 2. The van der Waals surface area contributed by atoms with E-state index in [4.69, 9.17) is 16.3 Å². The number of hydrogen-bond acceptors (Lipinski definition) is 7. The van der Waals surface area contributed by atoms with Gasteiger partial charge in [0.15, 0.2) is 6.23 Å². The average molecular weight is 553 g/mol. The number of aryl methyl sites for hydroxylation is 1. The van der Waals surface area contributed by atoms with E-state index in [1.165, 1.54) is 0 Å². The fourth-order valence-corrected chi connectivity index (χ4v) is 4.59. The number of ether oxygens (including phenoxy) is 1. The van der Waals surface area contributed by atoms with Gasteiger partial charge >= 0.3 is 0 Å². The van der Waals surface area contributed by atoms with Gasteiger partial charge in [-0.2, -0.15) is 0 Å². The lowest BCUT2D eigenvalue weighted by Crippen LogP contribution is -2.42. The molecule has 1 aromatic heterocycles. The molecule has 2 aromatic carbocycles. The fraction of sp³-hybridized carbons (Fsp3) is 0.367. The molecule has 208 valence electrons. The monoisotopic (exact) mass is 552 g/mol. The maximum absolute atomic E-state index is 13.3. The van der Waals surface area contributed by atoms with Crippen molar-refractivity contribution < 1.29 is 19.4 Å². The molecule has 2 atom stereocenters. The lowest BCUT2D eigenvalue weighted by Gasteiger charge is -2.31. The van der Waals surface area contributed by atoms with Gasteiger partial charge in [-0.05, 0) is 56.3 Å².